The lowest BCUT2D eigenvalue weighted by atomic mass is 10.2. The summed E-state index contributed by atoms with van der Waals surface area (Å²) < 4.78 is 19.1. The summed E-state index contributed by atoms with van der Waals surface area (Å²) in [5, 5.41) is 8.89. The van der Waals surface area contributed by atoms with Gasteiger partial charge in [0.25, 0.3) is 0 Å². The lowest BCUT2D eigenvalue weighted by Crippen LogP contribution is -1.99. The fraction of sp³-hybridized carbons (Fsp3) is 0.0625. The molecule has 108 valence electrons. The molecule has 2 aromatic rings. The molecule has 21 heavy (non-hydrogen) atoms. The molecule has 5 heteroatoms. The van der Waals surface area contributed by atoms with E-state index in [9.17, 15) is 9.18 Å². The van der Waals surface area contributed by atoms with E-state index in [0.717, 1.165) is 6.08 Å². The summed E-state index contributed by atoms with van der Waals surface area (Å²) in [5.74, 6) is -0.953. The van der Waals surface area contributed by atoms with Gasteiger partial charge in [0, 0.05) is 11.6 Å². The Morgan fingerprint density at radius 3 is 2.76 bits per heavy atom. The normalized spacial score (nSPS) is 10.8. The van der Waals surface area contributed by atoms with Crippen molar-refractivity contribution in [3.8, 4) is 5.75 Å². The fourth-order valence-corrected chi connectivity index (χ4v) is 1.92. The Labute approximate surface area is 126 Å². The zero-order chi connectivity index (χ0) is 15.2. The van der Waals surface area contributed by atoms with Crippen LogP contribution < -0.4 is 4.74 Å². The standard InChI is InChI=1S/C16H12ClFO3/c17-14-5-2-6-15(18)13(14)10-21-12-4-1-3-11(9-12)7-8-16(19)20/h1-9H,10H2,(H,19,20). The quantitative estimate of drug-likeness (QED) is 0.844. The summed E-state index contributed by atoms with van der Waals surface area (Å²) in [6, 6.07) is 11.3. The van der Waals surface area contributed by atoms with Crippen LogP contribution in [0.1, 0.15) is 11.1 Å². The summed E-state index contributed by atoms with van der Waals surface area (Å²) in [7, 11) is 0. The van der Waals surface area contributed by atoms with Crippen LogP contribution in [0.2, 0.25) is 5.02 Å². The summed E-state index contributed by atoms with van der Waals surface area (Å²) in [6.07, 6.45) is 2.48. The third kappa shape index (κ3) is 4.33. The molecule has 3 nitrogen and oxygen atoms in total. The van der Waals surface area contributed by atoms with Gasteiger partial charge in [0.05, 0.1) is 5.02 Å². The van der Waals surface area contributed by atoms with Crippen molar-refractivity contribution in [2.45, 2.75) is 6.61 Å². The summed E-state index contributed by atoms with van der Waals surface area (Å²) >= 11 is 5.92. The van der Waals surface area contributed by atoms with Crippen molar-refractivity contribution in [3.05, 3.63) is 70.5 Å². The molecular formula is C16H12ClFO3. The second-order valence-corrected chi connectivity index (χ2v) is 4.64. The maximum Gasteiger partial charge on any atom is 0.328 e. The van der Waals surface area contributed by atoms with Crippen molar-refractivity contribution in [1.82, 2.24) is 0 Å². The second-order valence-electron chi connectivity index (χ2n) is 4.23. The highest BCUT2D eigenvalue weighted by Crippen LogP contribution is 2.22. The number of carboxylic acids is 1. The molecule has 0 spiro atoms. The van der Waals surface area contributed by atoms with Crippen LogP contribution in [0.25, 0.3) is 6.08 Å². The maximum atomic E-state index is 13.6. The average Bonchev–Trinajstić information content (AvgIpc) is 2.45. The van der Waals surface area contributed by atoms with Crippen LogP contribution in [0.3, 0.4) is 0 Å². The van der Waals surface area contributed by atoms with Crippen LogP contribution in [0.4, 0.5) is 4.39 Å². The van der Waals surface area contributed by atoms with Crippen LogP contribution in [0.5, 0.6) is 5.75 Å². The lowest BCUT2D eigenvalue weighted by molar-refractivity contribution is -0.131. The topological polar surface area (TPSA) is 46.5 Å². The number of hydrogen-bond donors (Lipinski definition) is 1. The van der Waals surface area contributed by atoms with Crippen molar-refractivity contribution < 1.29 is 19.0 Å². The van der Waals surface area contributed by atoms with Gasteiger partial charge in [-0.3, -0.25) is 0 Å². The number of halogens is 2. The SMILES string of the molecule is O=C(O)C=Cc1cccc(OCc2c(F)cccc2Cl)c1. The Balaban J connectivity index is 2.10. The van der Waals surface area contributed by atoms with Gasteiger partial charge in [0.15, 0.2) is 0 Å². The first-order valence-corrected chi connectivity index (χ1v) is 6.51. The molecule has 0 radical (unpaired) electrons. The number of hydrogen-bond acceptors (Lipinski definition) is 2. The fourth-order valence-electron chi connectivity index (χ4n) is 1.70. The average molecular weight is 307 g/mol. The van der Waals surface area contributed by atoms with E-state index in [1.54, 1.807) is 30.3 Å². The van der Waals surface area contributed by atoms with Crippen molar-refractivity contribution in [3.63, 3.8) is 0 Å². The molecule has 0 unspecified atom stereocenters. The van der Waals surface area contributed by atoms with E-state index in [1.165, 1.54) is 18.2 Å². The van der Waals surface area contributed by atoms with E-state index in [0.29, 0.717) is 16.3 Å². The van der Waals surface area contributed by atoms with Gasteiger partial charge in [-0.1, -0.05) is 29.8 Å². The first-order chi connectivity index (χ1) is 10.1. The number of rotatable bonds is 5. The van der Waals surface area contributed by atoms with Crippen LogP contribution >= 0.6 is 11.6 Å². The zero-order valence-corrected chi connectivity index (χ0v) is 11.7. The zero-order valence-electron chi connectivity index (χ0n) is 10.9. The van der Waals surface area contributed by atoms with Crippen molar-refractivity contribution in [2.75, 3.05) is 0 Å². The first-order valence-electron chi connectivity index (χ1n) is 6.13. The molecule has 0 heterocycles. The molecular weight excluding hydrogens is 295 g/mol. The van der Waals surface area contributed by atoms with Crippen LogP contribution in [0.15, 0.2) is 48.5 Å². The number of aliphatic carboxylic acids is 1. The Morgan fingerprint density at radius 2 is 2.05 bits per heavy atom. The van der Waals surface area contributed by atoms with E-state index >= 15 is 0 Å². The minimum Gasteiger partial charge on any atom is -0.489 e. The van der Waals surface area contributed by atoms with E-state index in [1.807, 2.05) is 0 Å². The number of carboxylic acid groups (broad SMARTS) is 1. The van der Waals surface area contributed by atoms with Gasteiger partial charge >= 0.3 is 5.97 Å². The maximum absolute atomic E-state index is 13.6. The molecule has 0 bridgehead atoms. The van der Waals surface area contributed by atoms with E-state index in [2.05, 4.69) is 0 Å². The Hall–Kier alpha value is -2.33. The van der Waals surface area contributed by atoms with Crippen molar-refractivity contribution in [1.29, 1.82) is 0 Å². The molecule has 0 fully saturated rings. The summed E-state index contributed by atoms with van der Waals surface area (Å²) in [4.78, 5) is 10.5. The van der Waals surface area contributed by atoms with Crippen molar-refractivity contribution in [2.24, 2.45) is 0 Å². The smallest absolute Gasteiger partial charge is 0.328 e. The number of ether oxygens (including phenoxy) is 1. The predicted octanol–water partition coefficient (Wildman–Crippen LogP) is 4.16. The second kappa shape index (κ2) is 6.90. The lowest BCUT2D eigenvalue weighted by Gasteiger charge is -2.09. The molecule has 2 rings (SSSR count). The van der Waals surface area contributed by atoms with E-state index in [4.69, 9.17) is 21.4 Å². The minimum atomic E-state index is -1.03. The van der Waals surface area contributed by atoms with Gasteiger partial charge in [-0.25, -0.2) is 9.18 Å². The van der Waals surface area contributed by atoms with Crippen molar-refractivity contribution >= 4 is 23.6 Å². The van der Waals surface area contributed by atoms with Gasteiger partial charge in [0.2, 0.25) is 0 Å². The molecule has 0 aliphatic rings. The molecule has 0 saturated carbocycles. The predicted molar refractivity (Wildman–Crippen MR) is 78.9 cm³/mol. The van der Waals surface area contributed by atoms with Crippen LogP contribution in [0, 0.1) is 5.82 Å². The molecule has 2 aromatic carbocycles. The first kappa shape index (κ1) is 15.1. The van der Waals surface area contributed by atoms with Crippen LogP contribution in [-0.2, 0) is 11.4 Å². The molecule has 0 aromatic heterocycles. The molecule has 0 aliphatic heterocycles. The van der Waals surface area contributed by atoms with Gasteiger partial charge in [-0.05, 0) is 35.9 Å². The monoisotopic (exact) mass is 306 g/mol. The molecule has 0 saturated heterocycles. The number of benzene rings is 2. The highest BCUT2D eigenvalue weighted by molar-refractivity contribution is 6.31. The van der Waals surface area contributed by atoms with E-state index < -0.39 is 11.8 Å². The third-order valence-corrected chi connectivity index (χ3v) is 3.08. The Morgan fingerprint density at radius 1 is 1.29 bits per heavy atom. The summed E-state index contributed by atoms with van der Waals surface area (Å²) in [6.45, 7) is -0.00238. The molecule has 1 N–H and O–H groups in total. The van der Waals surface area contributed by atoms with Gasteiger partial charge in [0.1, 0.15) is 18.2 Å². The number of carbonyl (C=O) groups is 1. The largest absolute Gasteiger partial charge is 0.489 e. The third-order valence-electron chi connectivity index (χ3n) is 2.72. The highest BCUT2D eigenvalue weighted by atomic mass is 35.5. The highest BCUT2D eigenvalue weighted by Gasteiger charge is 2.07. The van der Waals surface area contributed by atoms with Gasteiger partial charge in [-0.15, -0.1) is 0 Å². The van der Waals surface area contributed by atoms with Crippen LogP contribution in [-0.4, -0.2) is 11.1 Å². The Kier molecular flexibility index (Phi) is 4.95. The minimum absolute atomic E-state index is 0.00238. The van der Waals surface area contributed by atoms with Gasteiger partial charge < -0.3 is 9.84 Å². The molecule has 0 aliphatic carbocycles. The molecule has 0 atom stereocenters. The van der Waals surface area contributed by atoms with Gasteiger partial charge in [-0.2, -0.15) is 0 Å². The van der Waals surface area contributed by atoms with E-state index in [-0.39, 0.29) is 12.2 Å². The summed E-state index contributed by atoms with van der Waals surface area (Å²) in [5.41, 5.74) is 0.958. The Bertz CT molecular complexity index is 663. The molecule has 0 amide bonds.